The molecule has 2 amide bonds. The van der Waals surface area contributed by atoms with Crippen molar-refractivity contribution in [1.29, 1.82) is 0 Å². The van der Waals surface area contributed by atoms with Crippen LogP contribution in [0, 0.1) is 6.92 Å². The van der Waals surface area contributed by atoms with Gasteiger partial charge in [-0.1, -0.05) is 51.0 Å². The zero-order valence-corrected chi connectivity index (χ0v) is 15.9. The van der Waals surface area contributed by atoms with Gasteiger partial charge in [-0.15, -0.1) is 0 Å². The standard InChI is InChI=1S/C21H32N2O2/c1-4-10-20(24)23(15-17-12-7-6-11-16(17)3)19(5-2)21(25)22-18-13-8-9-14-18/h6-7,11-12,18-19H,4-5,8-10,13-15H2,1-3H3,(H,22,25)/t19-/m0/s1. The molecular formula is C21H32N2O2. The number of hydrogen-bond acceptors (Lipinski definition) is 2. The summed E-state index contributed by atoms with van der Waals surface area (Å²) in [5.74, 6) is 0.0756. The number of aryl methyl sites for hydroxylation is 1. The molecule has 4 nitrogen and oxygen atoms in total. The van der Waals surface area contributed by atoms with Gasteiger partial charge >= 0.3 is 0 Å². The molecule has 0 saturated heterocycles. The summed E-state index contributed by atoms with van der Waals surface area (Å²) in [5.41, 5.74) is 2.27. The molecule has 1 fully saturated rings. The van der Waals surface area contributed by atoms with Crippen LogP contribution in [0.3, 0.4) is 0 Å². The Morgan fingerprint density at radius 2 is 1.88 bits per heavy atom. The van der Waals surface area contributed by atoms with Gasteiger partial charge in [-0.25, -0.2) is 0 Å². The summed E-state index contributed by atoms with van der Waals surface area (Å²) >= 11 is 0. The molecule has 1 aromatic rings. The Bertz CT molecular complexity index is 579. The number of benzene rings is 1. The molecule has 4 heteroatoms. The molecule has 0 radical (unpaired) electrons. The van der Waals surface area contributed by atoms with E-state index in [2.05, 4.69) is 18.3 Å². The van der Waals surface area contributed by atoms with E-state index in [-0.39, 0.29) is 23.9 Å². The maximum atomic E-state index is 12.9. The van der Waals surface area contributed by atoms with Crippen LogP contribution < -0.4 is 5.32 Å². The minimum absolute atomic E-state index is 0.00689. The van der Waals surface area contributed by atoms with Crippen molar-refractivity contribution in [2.24, 2.45) is 0 Å². The molecule has 0 aliphatic heterocycles. The third kappa shape index (κ3) is 5.32. The fourth-order valence-electron chi connectivity index (χ4n) is 3.62. The summed E-state index contributed by atoms with van der Waals surface area (Å²) in [6, 6.07) is 7.98. The van der Waals surface area contributed by atoms with E-state index in [1.807, 2.05) is 32.0 Å². The van der Waals surface area contributed by atoms with Gasteiger partial charge in [-0.2, -0.15) is 0 Å². The smallest absolute Gasteiger partial charge is 0.243 e. The van der Waals surface area contributed by atoms with Gasteiger partial charge in [0.1, 0.15) is 6.04 Å². The van der Waals surface area contributed by atoms with E-state index in [0.29, 0.717) is 19.4 Å². The van der Waals surface area contributed by atoms with Crippen LogP contribution in [0.2, 0.25) is 0 Å². The van der Waals surface area contributed by atoms with Gasteiger partial charge in [0.25, 0.3) is 0 Å². The average molecular weight is 344 g/mol. The van der Waals surface area contributed by atoms with Gasteiger partial charge in [0.2, 0.25) is 11.8 Å². The summed E-state index contributed by atoms with van der Waals surface area (Å²) in [5, 5.41) is 3.17. The number of hydrogen-bond donors (Lipinski definition) is 1. The summed E-state index contributed by atoms with van der Waals surface area (Å²) in [6.07, 6.45) is 6.40. The molecule has 1 N–H and O–H groups in total. The van der Waals surface area contributed by atoms with Crippen molar-refractivity contribution >= 4 is 11.8 Å². The van der Waals surface area contributed by atoms with E-state index in [1.54, 1.807) is 4.90 Å². The third-order valence-electron chi connectivity index (χ3n) is 5.15. The van der Waals surface area contributed by atoms with Crippen molar-refractivity contribution in [2.75, 3.05) is 0 Å². The van der Waals surface area contributed by atoms with Crippen LogP contribution in [-0.2, 0) is 16.1 Å². The highest BCUT2D eigenvalue weighted by atomic mass is 16.2. The summed E-state index contributed by atoms with van der Waals surface area (Å²) in [6.45, 7) is 6.55. The second kappa shape index (κ2) is 9.59. The Labute approximate surface area is 152 Å². The first-order valence-corrected chi connectivity index (χ1v) is 9.71. The molecule has 0 unspecified atom stereocenters. The Morgan fingerprint density at radius 1 is 1.20 bits per heavy atom. The van der Waals surface area contributed by atoms with Crippen molar-refractivity contribution in [2.45, 2.75) is 84.3 Å². The predicted molar refractivity (Wildman–Crippen MR) is 101 cm³/mol. The number of nitrogens with zero attached hydrogens (tertiary/aromatic N) is 1. The molecule has 0 bridgehead atoms. The quantitative estimate of drug-likeness (QED) is 0.776. The minimum atomic E-state index is -0.390. The number of rotatable bonds is 8. The molecule has 1 aliphatic rings. The first-order valence-electron chi connectivity index (χ1n) is 9.71. The first kappa shape index (κ1) is 19.5. The van der Waals surface area contributed by atoms with Gasteiger partial charge in [0, 0.05) is 19.0 Å². The fraction of sp³-hybridized carbons (Fsp3) is 0.619. The minimum Gasteiger partial charge on any atom is -0.352 e. The Kier molecular flexibility index (Phi) is 7.48. The van der Waals surface area contributed by atoms with Crippen molar-refractivity contribution in [3.8, 4) is 0 Å². The molecule has 1 aromatic carbocycles. The monoisotopic (exact) mass is 344 g/mol. The zero-order valence-electron chi connectivity index (χ0n) is 15.9. The largest absolute Gasteiger partial charge is 0.352 e. The van der Waals surface area contributed by atoms with E-state index in [1.165, 1.54) is 12.8 Å². The lowest BCUT2D eigenvalue weighted by atomic mass is 10.0. The molecule has 0 aromatic heterocycles. The summed E-state index contributed by atoms with van der Waals surface area (Å²) < 4.78 is 0. The van der Waals surface area contributed by atoms with Crippen LogP contribution in [0.25, 0.3) is 0 Å². The van der Waals surface area contributed by atoms with Crippen molar-refractivity contribution in [3.05, 3.63) is 35.4 Å². The van der Waals surface area contributed by atoms with Crippen molar-refractivity contribution in [1.82, 2.24) is 10.2 Å². The molecule has 138 valence electrons. The predicted octanol–water partition coefficient (Wildman–Crippen LogP) is 3.96. The molecule has 0 heterocycles. The van der Waals surface area contributed by atoms with E-state index < -0.39 is 0 Å². The lowest BCUT2D eigenvalue weighted by molar-refractivity contribution is -0.141. The zero-order chi connectivity index (χ0) is 18.2. The Morgan fingerprint density at radius 3 is 2.48 bits per heavy atom. The van der Waals surface area contributed by atoms with E-state index in [4.69, 9.17) is 0 Å². The van der Waals surface area contributed by atoms with Gasteiger partial charge in [-0.3, -0.25) is 9.59 Å². The topological polar surface area (TPSA) is 49.4 Å². The highest BCUT2D eigenvalue weighted by Gasteiger charge is 2.30. The summed E-state index contributed by atoms with van der Waals surface area (Å²) in [4.78, 5) is 27.4. The highest BCUT2D eigenvalue weighted by Crippen LogP contribution is 2.20. The highest BCUT2D eigenvalue weighted by molar-refractivity contribution is 5.87. The molecule has 2 rings (SSSR count). The molecule has 1 saturated carbocycles. The lowest BCUT2D eigenvalue weighted by Gasteiger charge is -2.32. The maximum Gasteiger partial charge on any atom is 0.243 e. The molecule has 25 heavy (non-hydrogen) atoms. The van der Waals surface area contributed by atoms with Crippen LogP contribution in [0.15, 0.2) is 24.3 Å². The second-order valence-electron chi connectivity index (χ2n) is 7.11. The SMILES string of the molecule is CCCC(=O)N(Cc1ccccc1C)[C@@H](CC)C(=O)NC1CCCC1. The van der Waals surface area contributed by atoms with E-state index >= 15 is 0 Å². The number of carbonyl (C=O) groups is 2. The van der Waals surface area contributed by atoms with Crippen LogP contribution in [-0.4, -0.2) is 28.8 Å². The molecule has 0 spiro atoms. The van der Waals surface area contributed by atoms with Crippen molar-refractivity contribution < 1.29 is 9.59 Å². The molecular weight excluding hydrogens is 312 g/mol. The Hall–Kier alpha value is -1.84. The van der Waals surface area contributed by atoms with Gasteiger partial charge < -0.3 is 10.2 Å². The van der Waals surface area contributed by atoms with Crippen LogP contribution in [0.1, 0.15) is 69.9 Å². The lowest BCUT2D eigenvalue weighted by Crippen LogP contribution is -2.50. The normalized spacial score (nSPS) is 15.8. The van der Waals surface area contributed by atoms with Gasteiger partial charge in [0.05, 0.1) is 0 Å². The number of nitrogens with one attached hydrogen (secondary N) is 1. The molecule has 1 atom stereocenters. The third-order valence-corrected chi connectivity index (χ3v) is 5.15. The van der Waals surface area contributed by atoms with Crippen LogP contribution in [0.5, 0.6) is 0 Å². The maximum absolute atomic E-state index is 12.9. The van der Waals surface area contributed by atoms with E-state index in [9.17, 15) is 9.59 Å². The first-order chi connectivity index (χ1) is 12.1. The Balaban J connectivity index is 2.17. The number of carbonyl (C=O) groups excluding carboxylic acids is 2. The van der Waals surface area contributed by atoms with Gasteiger partial charge in [0.15, 0.2) is 0 Å². The summed E-state index contributed by atoms with van der Waals surface area (Å²) in [7, 11) is 0. The molecule has 1 aliphatic carbocycles. The van der Waals surface area contributed by atoms with Crippen LogP contribution in [0.4, 0.5) is 0 Å². The van der Waals surface area contributed by atoms with E-state index in [0.717, 1.165) is 30.4 Å². The van der Waals surface area contributed by atoms with Gasteiger partial charge in [-0.05, 0) is 43.7 Å². The number of amides is 2. The van der Waals surface area contributed by atoms with Crippen LogP contribution >= 0.6 is 0 Å². The average Bonchev–Trinajstić information content (AvgIpc) is 3.09. The fourth-order valence-corrected chi connectivity index (χ4v) is 3.62. The van der Waals surface area contributed by atoms with Crippen molar-refractivity contribution in [3.63, 3.8) is 0 Å². The second-order valence-corrected chi connectivity index (χ2v) is 7.11.